The number of halogens is 1. The summed E-state index contributed by atoms with van der Waals surface area (Å²) in [5, 5.41) is 4.05. The van der Waals surface area contributed by atoms with Crippen LogP contribution in [0.1, 0.15) is 16.1 Å². The number of amides is 1. The molecule has 6 heteroatoms. The Kier molecular flexibility index (Phi) is 5.50. The number of aromatic amines is 1. The van der Waals surface area contributed by atoms with E-state index in [4.69, 9.17) is 0 Å². The molecule has 1 amide bonds. The Labute approximate surface area is 148 Å². The predicted octanol–water partition coefficient (Wildman–Crippen LogP) is 3.33. The molecule has 0 saturated heterocycles. The van der Waals surface area contributed by atoms with E-state index in [-0.39, 0.29) is 23.0 Å². The van der Waals surface area contributed by atoms with Gasteiger partial charge in [-0.1, -0.05) is 36.4 Å². The number of nitrogens with one attached hydrogen (secondary N) is 2. The summed E-state index contributed by atoms with van der Waals surface area (Å²) in [4.78, 5) is 26.8. The SMILES string of the molecule is O=C(NCCSCc1ccccc1F)c1cc2ccccc2c(=O)[nH]1. The maximum Gasteiger partial charge on any atom is 0.267 e. The molecule has 0 saturated carbocycles. The van der Waals surface area contributed by atoms with Crippen LogP contribution in [-0.2, 0) is 5.75 Å². The summed E-state index contributed by atoms with van der Waals surface area (Å²) in [5.41, 5.74) is 0.609. The number of hydrogen-bond acceptors (Lipinski definition) is 3. The fourth-order valence-corrected chi connectivity index (χ4v) is 3.31. The molecule has 4 nitrogen and oxygen atoms in total. The maximum absolute atomic E-state index is 13.5. The first-order valence-electron chi connectivity index (χ1n) is 7.86. The second-order valence-electron chi connectivity index (χ2n) is 5.50. The summed E-state index contributed by atoms with van der Waals surface area (Å²) in [7, 11) is 0. The maximum atomic E-state index is 13.5. The van der Waals surface area contributed by atoms with Gasteiger partial charge in [0.25, 0.3) is 11.5 Å². The van der Waals surface area contributed by atoms with Crippen LogP contribution in [0.3, 0.4) is 0 Å². The third kappa shape index (κ3) is 4.28. The van der Waals surface area contributed by atoms with E-state index in [1.165, 1.54) is 17.8 Å². The molecule has 128 valence electrons. The molecular formula is C19H17FN2O2S. The molecule has 0 aliphatic carbocycles. The van der Waals surface area contributed by atoms with Crippen molar-refractivity contribution in [2.45, 2.75) is 5.75 Å². The van der Waals surface area contributed by atoms with Crippen molar-refractivity contribution in [1.29, 1.82) is 0 Å². The zero-order chi connectivity index (χ0) is 17.6. The van der Waals surface area contributed by atoms with Crippen molar-refractivity contribution in [2.75, 3.05) is 12.3 Å². The van der Waals surface area contributed by atoms with Crippen molar-refractivity contribution >= 4 is 28.4 Å². The fraction of sp³-hybridized carbons (Fsp3) is 0.158. The predicted molar refractivity (Wildman–Crippen MR) is 99.5 cm³/mol. The minimum absolute atomic E-state index is 0.215. The van der Waals surface area contributed by atoms with E-state index in [1.54, 1.807) is 42.5 Å². The Bertz CT molecular complexity index is 955. The van der Waals surface area contributed by atoms with E-state index in [0.717, 1.165) is 5.39 Å². The lowest BCUT2D eigenvalue weighted by Gasteiger charge is -2.07. The van der Waals surface area contributed by atoms with Crippen LogP contribution in [0.15, 0.2) is 59.4 Å². The minimum atomic E-state index is -0.325. The number of hydrogen-bond donors (Lipinski definition) is 2. The van der Waals surface area contributed by atoms with Crippen LogP contribution in [0.2, 0.25) is 0 Å². The van der Waals surface area contributed by atoms with Gasteiger partial charge in [-0.25, -0.2) is 4.39 Å². The van der Waals surface area contributed by atoms with Gasteiger partial charge in [-0.2, -0.15) is 11.8 Å². The first kappa shape index (κ1) is 17.2. The van der Waals surface area contributed by atoms with E-state index < -0.39 is 0 Å². The van der Waals surface area contributed by atoms with Crippen molar-refractivity contribution in [3.05, 3.63) is 82.0 Å². The van der Waals surface area contributed by atoms with Gasteiger partial charge in [0.2, 0.25) is 0 Å². The molecule has 0 aliphatic rings. The topological polar surface area (TPSA) is 62.0 Å². The van der Waals surface area contributed by atoms with Gasteiger partial charge in [0, 0.05) is 23.4 Å². The summed E-state index contributed by atoms with van der Waals surface area (Å²) in [6.07, 6.45) is 0. The molecule has 0 atom stereocenters. The lowest BCUT2D eigenvalue weighted by Crippen LogP contribution is -2.28. The van der Waals surface area contributed by atoms with Gasteiger partial charge in [0.05, 0.1) is 0 Å². The number of rotatable bonds is 6. The molecule has 0 spiro atoms. The number of aromatic nitrogens is 1. The molecule has 2 aromatic carbocycles. The quantitative estimate of drug-likeness (QED) is 0.666. The van der Waals surface area contributed by atoms with Gasteiger partial charge >= 0.3 is 0 Å². The van der Waals surface area contributed by atoms with Crippen molar-refractivity contribution in [3.8, 4) is 0 Å². The highest BCUT2D eigenvalue weighted by atomic mass is 32.2. The average Bonchev–Trinajstić information content (AvgIpc) is 2.62. The largest absolute Gasteiger partial charge is 0.350 e. The van der Waals surface area contributed by atoms with Crippen molar-refractivity contribution in [3.63, 3.8) is 0 Å². The molecule has 1 heterocycles. The minimum Gasteiger partial charge on any atom is -0.350 e. The first-order chi connectivity index (χ1) is 12.1. The van der Waals surface area contributed by atoms with Crippen molar-refractivity contribution in [1.82, 2.24) is 10.3 Å². The number of carbonyl (C=O) groups excluding carboxylic acids is 1. The van der Waals surface area contributed by atoms with Gasteiger partial charge in [-0.3, -0.25) is 9.59 Å². The van der Waals surface area contributed by atoms with Gasteiger partial charge in [0.15, 0.2) is 0 Å². The Balaban J connectivity index is 1.53. The molecule has 1 aromatic heterocycles. The summed E-state index contributed by atoms with van der Waals surface area (Å²) < 4.78 is 13.5. The number of fused-ring (bicyclic) bond motifs is 1. The second-order valence-corrected chi connectivity index (χ2v) is 6.60. The lowest BCUT2D eigenvalue weighted by molar-refractivity contribution is 0.0951. The van der Waals surface area contributed by atoms with E-state index >= 15 is 0 Å². The average molecular weight is 356 g/mol. The van der Waals surface area contributed by atoms with Crippen LogP contribution in [0.5, 0.6) is 0 Å². The zero-order valence-electron chi connectivity index (χ0n) is 13.4. The summed E-state index contributed by atoms with van der Waals surface area (Å²) in [6.45, 7) is 0.437. The summed E-state index contributed by atoms with van der Waals surface area (Å²) in [5.74, 6) is 0.662. The standard InChI is InChI=1S/C19H17FN2O2S/c20-16-8-4-2-6-14(16)12-25-10-9-21-19(24)17-11-13-5-1-3-7-15(13)18(23)22-17/h1-8,11H,9-10,12H2,(H,21,24)(H,22,23). The van der Waals surface area contributed by atoms with E-state index in [0.29, 0.717) is 29.0 Å². The van der Waals surface area contributed by atoms with Gasteiger partial charge < -0.3 is 10.3 Å². The smallest absolute Gasteiger partial charge is 0.267 e. The Morgan fingerprint density at radius 3 is 2.72 bits per heavy atom. The third-order valence-corrected chi connectivity index (χ3v) is 4.75. The molecule has 0 unspecified atom stereocenters. The Morgan fingerprint density at radius 2 is 1.88 bits per heavy atom. The van der Waals surface area contributed by atoms with E-state index in [9.17, 15) is 14.0 Å². The Morgan fingerprint density at radius 1 is 1.12 bits per heavy atom. The second kappa shape index (κ2) is 7.98. The molecule has 0 bridgehead atoms. The van der Waals surface area contributed by atoms with Crippen LogP contribution in [0.4, 0.5) is 4.39 Å². The van der Waals surface area contributed by atoms with Crippen LogP contribution in [-0.4, -0.2) is 23.2 Å². The summed E-state index contributed by atoms with van der Waals surface area (Å²) in [6, 6.07) is 15.4. The highest BCUT2D eigenvalue weighted by Crippen LogP contribution is 2.15. The van der Waals surface area contributed by atoms with Crippen LogP contribution >= 0.6 is 11.8 Å². The van der Waals surface area contributed by atoms with Crippen molar-refractivity contribution in [2.24, 2.45) is 0 Å². The molecule has 0 fully saturated rings. The van der Waals surface area contributed by atoms with E-state index in [1.807, 2.05) is 6.07 Å². The third-order valence-electron chi connectivity index (χ3n) is 3.75. The summed E-state index contributed by atoms with van der Waals surface area (Å²) >= 11 is 1.54. The lowest BCUT2D eigenvalue weighted by atomic mass is 10.1. The number of thioether (sulfide) groups is 1. The molecule has 3 rings (SSSR count). The zero-order valence-corrected chi connectivity index (χ0v) is 14.2. The molecule has 0 aliphatic heterocycles. The van der Waals surface area contributed by atoms with Gasteiger partial charge in [-0.05, 0) is 29.1 Å². The molecular weight excluding hydrogens is 339 g/mol. The van der Waals surface area contributed by atoms with Crippen LogP contribution in [0, 0.1) is 5.82 Å². The monoisotopic (exact) mass is 356 g/mol. The first-order valence-corrected chi connectivity index (χ1v) is 9.02. The number of pyridine rings is 1. The van der Waals surface area contributed by atoms with Crippen LogP contribution in [0.25, 0.3) is 10.8 Å². The fourth-order valence-electron chi connectivity index (χ4n) is 2.46. The van der Waals surface area contributed by atoms with Crippen LogP contribution < -0.4 is 10.9 Å². The van der Waals surface area contributed by atoms with E-state index in [2.05, 4.69) is 10.3 Å². The Hall–Kier alpha value is -2.60. The number of carbonyl (C=O) groups is 1. The molecule has 0 radical (unpaired) electrons. The van der Waals surface area contributed by atoms with Gasteiger partial charge in [-0.15, -0.1) is 0 Å². The molecule has 2 N–H and O–H groups in total. The highest BCUT2D eigenvalue weighted by molar-refractivity contribution is 7.98. The number of benzene rings is 2. The number of H-pyrrole nitrogens is 1. The van der Waals surface area contributed by atoms with Gasteiger partial charge in [0.1, 0.15) is 11.5 Å². The molecule has 3 aromatic rings. The van der Waals surface area contributed by atoms with Crippen molar-refractivity contribution < 1.29 is 9.18 Å². The normalized spacial score (nSPS) is 10.8. The highest BCUT2D eigenvalue weighted by Gasteiger charge is 2.09. The molecule has 25 heavy (non-hydrogen) atoms.